The maximum Gasteiger partial charge on any atom is 0.0690 e. The van der Waals surface area contributed by atoms with Gasteiger partial charge in [-0.3, -0.25) is 0 Å². The first-order valence-electron chi connectivity index (χ1n) is 7.43. The summed E-state index contributed by atoms with van der Waals surface area (Å²) in [6.45, 7) is 2.15. The van der Waals surface area contributed by atoms with Crippen LogP contribution in [0.25, 0.3) is 0 Å². The molecule has 2 fully saturated rings. The first-order chi connectivity index (χ1) is 8.66. The molecular weight excluding hydrogens is 220 g/mol. The van der Waals surface area contributed by atoms with Crippen molar-refractivity contribution in [3.63, 3.8) is 0 Å². The zero-order valence-electron chi connectivity index (χ0n) is 11.4. The third-order valence-electron chi connectivity index (χ3n) is 4.93. The Hall–Kier alpha value is -0.820. The summed E-state index contributed by atoms with van der Waals surface area (Å²) in [4.78, 5) is 0. The Bertz CT molecular complexity index is 421. The monoisotopic (exact) mass is 244 g/mol. The number of benzene rings is 1. The molecule has 0 saturated heterocycles. The average molecular weight is 244 g/mol. The standard InChI is InChI=1S/C17H24O/c1-13-5-2-3-6-15(13)11-17(18)10-4-7-16(12-17)14-8-9-14/h2-3,5-6,14,16,18H,4,7-12H2,1H3. The molecule has 1 N–H and O–H groups in total. The molecule has 1 aromatic carbocycles. The van der Waals surface area contributed by atoms with Crippen molar-refractivity contribution in [1.82, 2.24) is 0 Å². The van der Waals surface area contributed by atoms with Gasteiger partial charge in [-0.25, -0.2) is 0 Å². The van der Waals surface area contributed by atoms with E-state index in [1.54, 1.807) is 0 Å². The van der Waals surface area contributed by atoms with Crippen molar-refractivity contribution in [3.05, 3.63) is 35.4 Å². The molecule has 1 aromatic rings. The number of aliphatic hydroxyl groups is 1. The van der Waals surface area contributed by atoms with Crippen molar-refractivity contribution in [2.24, 2.45) is 11.8 Å². The van der Waals surface area contributed by atoms with Gasteiger partial charge in [-0.15, -0.1) is 0 Å². The lowest BCUT2D eigenvalue weighted by Gasteiger charge is -2.37. The second-order valence-corrected chi connectivity index (χ2v) is 6.52. The summed E-state index contributed by atoms with van der Waals surface area (Å²) >= 11 is 0. The second kappa shape index (κ2) is 4.70. The molecule has 2 unspecified atom stereocenters. The number of rotatable bonds is 3. The first kappa shape index (κ1) is 12.2. The molecule has 0 radical (unpaired) electrons. The Morgan fingerprint density at radius 2 is 1.94 bits per heavy atom. The fraction of sp³-hybridized carbons (Fsp3) is 0.647. The van der Waals surface area contributed by atoms with Crippen molar-refractivity contribution < 1.29 is 5.11 Å². The first-order valence-corrected chi connectivity index (χ1v) is 7.43. The maximum absolute atomic E-state index is 10.9. The van der Waals surface area contributed by atoms with Gasteiger partial charge >= 0.3 is 0 Å². The van der Waals surface area contributed by atoms with Crippen molar-refractivity contribution >= 4 is 0 Å². The van der Waals surface area contributed by atoms with E-state index in [-0.39, 0.29) is 0 Å². The molecule has 0 aliphatic heterocycles. The summed E-state index contributed by atoms with van der Waals surface area (Å²) in [5, 5.41) is 10.9. The van der Waals surface area contributed by atoms with Crippen molar-refractivity contribution in [2.75, 3.05) is 0 Å². The van der Waals surface area contributed by atoms with Gasteiger partial charge in [0.05, 0.1) is 5.60 Å². The van der Waals surface area contributed by atoms with Gasteiger partial charge in [0.2, 0.25) is 0 Å². The van der Waals surface area contributed by atoms with Gasteiger partial charge in [0.25, 0.3) is 0 Å². The van der Waals surface area contributed by atoms with Gasteiger partial charge in [0, 0.05) is 6.42 Å². The lowest BCUT2D eigenvalue weighted by atomic mass is 9.73. The van der Waals surface area contributed by atoms with Crippen LogP contribution in [0.4, 0.5) is 0 Å². The normalized spacial score (nSPS) is 32.4. The van der Waals surface area contributed by atoms with E-state index in [0.29, 0.717) is 0 Å². The number of hydrogen-bond acceptors (Lipinski definition) is 1. The third-order valence-corrected chi connectivity index (χ3v) is 4.93. The lowest BCUT2D eigenvalue weighted by Crippen LogP contribution is -2.38. The van der Waals surface area contributed by atoms with Crippen LogP contribution < -0.4 is 0 Å². The zero-order valence-corrected chi connectivity index (χ0v) is 11.4. The lowest BCUT2D eigenvalue weighted by molar-refractivity contribution is -0.0196. The second-order valence-electron chi connectivity index (χ2n) is 6.52. The Morgan fingerprint density at radius 3 is 2.67 bits per heavy atom. The van der Waals surface area contributed by atoms with Crippen LogP contribution in [0.2, 0.25) is 0 Å². The highest BCUT2D eigenvalue weighted by atomic mass is 16.3. The largest absolute Gasteiger partial charge is 0.390 e. The third kappa shape index (κ3) is 2.61. The molecule has 3 rings (SSSR count). The Kier molecular flexibility index (Phi) is 3.19. The Labute approximate surface area is 110 Å². The summed E-state index contributed by atoms with van der Waals surface area (Å²) in [5.41, 5.74) is 2.22. The van der Waals surface area contributed by atoms with Crippen LogP contribution in [-0.4, -0.2) is 10.7 Å². The molecular formula is C17H24O. The highest BCUT2D eigenvalue weighted by molar-refractivity contribution is 5.27. The van der Waals surface area contributed by atoms with Crippen LogP contribution in [0.3, 0.4) is 0 Å². The molecule has 0 spiro atoms. The summed E-state index contributed by atoms with van der Waals surface area (Å²) in [7, 11) is 0. The van der Waals surface area contributed by atoms with Gasteiger partial charge in [-0.05, 0) is 62.0 Å². The predicted molar refractivity (Wildman–Crippen MR) is 74.5 cm³/mol. The van der Waals surface area contributed by atoms with Crippen LogP contribution in [-0.2, 0) is 6.42 Å². The molecule has 1 heteroatoms. The smallest absolute Gasteiger partial charge is 0.0690 e. The van der Waals surface area contributed by atoms with Crippen LogP contribution in [0.1, 0.15) is 49.7 Å². The van der Waals surface area contributed by atoms with Gasteiger partial charge in [0.1, 0.15) is 0 Å². The molecule has 2 aliphatic carbocycles. The molecule has 2 atom stereocenters. The number of aryl methyl sites for hydroxylation is 1. The molecule has 2 saturated carbocycles. The van der Waals surface area contributed by atoms with Crippen LogP contribution >= 0.6 is 0 Å². The maximum atomic E-state index is 10.9. The molecule has 98 valence electrons. The van der Waals surface area contributed by atoms with Gasteiger partial charge < -0.3 is 5.11 Å². The van der Waals surface area contributed by atoms with E-state index in [1.165, 1.54) is 36.8 Å². The fourth-order valence-corrected chi connectivity index (χ4v) is 3.68. The molecule has 0 aromatic heterocycles. The highest BCUT2D eigenvalue weighted by Gasteiger charge is 2.40. The quantitative estimate of drug-likeness (QED) is 0.855. The topological polar surface area (TPSA) is 20.2 Å². The van der Waals surface area contributed by atoms with Crippen LogP contribution in [0.15, 0.2) is 24.3 Å². The minimum absolute atomic E-state index is 0.433. The molecule has 2 aliphatic rings. The summed E-state index contributed by atoms with van der Waals surface area (Å²) in [6.07, 6.45) is 8.25. The molecule has 0 amide bonds. The molecule has 18 heavy (non-hydrogen) atoms. The highest BCUT2D eigenvalue weighted by Crippen LogP contribution is 2.47. The zero-order chi connectivity index (χ0) is 12.6. The Balaban J connectivity index is 1.72. The van der Waals surface area contributed by atoms with E-state index in [2.05, 4.69) is 31.2 Å². The van der Waals surface area contributed by atoms with E-state index in [1.807, 2.05) is 0 Å². The number of hydrogen-bond donors (Lipinski definition) is 1. The average Bonchev–Trinajstić information content (AvgIpc) is 3.16. The van der Waals surface area contributed by atoms with Crippen LogP contribution in [0, 0.1) is 18.8 Å². The molecule has 1 nitrogen and oxygen atoms in total. The van der Waals surface area contributed by atoms with Gasteiger partial charge in [-0.2, -0.15) is 0 Å². The minimum Gasteiger partial charge on any atom is -0.390 e. The van der Waals surface area contributed by atoms with E-state index >= 15 is 0 Å². The molecule has 0 heterocycles. The SMILES string of the molecule is Cc1ccccc1CC1(O)CCCC(C2CC2)C1. The summed E-state index contributed by atoms with van der Waals surface area (Å²) in [6, 6.07) is 8.50. The molecule has 0 bridgehead atoms. The van der Waals surface area contributed by atoms with Crippen molar-refractivity contribution in [3.8, 4) is 0 Å². The van der Waals surface area contributed by atoms with Crippen molar-refractivity contribution in [2.45, 2.75) is 57.5 Å². The van der Waals surface area contributed by atoms with E-state index in [4.69, 9.17) is 0 Å². The van der Waals surface area contributed by atoms with E-state index < -0.39 is 5.60 Å². The fourth-order valence-electron chi connectivity index (χ4n) is 3.68. The Morgan fingerprint density at radius 1 is 1.17 bits per heavy atom. The van der Waals surface area contributed by atoms with E-state index in [9.17, 15) is 5.11 Å². The predicted octanol–water partition coefficient (Wildman–Crippen LogP) is 3.87. The van der Waals surface area contributed by atoms with Crippen molar-refractivity contribution in [1.29, 1.82) is 0 Å². The van der Waals surface area contributed by atoms with E-state index in [0.717, 1.165) is 31.1 Å². The summed E-state index contributed by atoms with van der Waals surface area (Å²) < 4.78 is 0. The minimum atomic E-state index is -0.433. The van der Waals surface area contributed by atoms with Gasteiger partial charge in [0.15, 0.2) is 0 Å². The summed E-state index contributed by atoms with van der Waals surface area (Å²) in [5.74, 6) is 1.74. The van der Waals surface area contributed by atoms with Gasteiger partial charge in [-0.1, -0.05) is 30.7 Å². The van der Waals surface area contributed by atoms with Crippen LogP contribution in [0.5, 0.6) is 0 Å².